The summed E-state index contributed by atoms with van der Waals surface area (Å²) in [4.78, 5) is 64.7. The normalized spacial score (nSPS) is 50.1. The van der Waals surface area contributed by atoms with Gasteiger partial charge in [-0.05, 0) is 6.92 Å². The summed E-state index contributed by atoms with van der Waals surface area (Å²) in [6.07, 6.45) is -123. The number of aliphatic carboxylic acids is 1. The standard InChI is InChI=1S/C80H132N4O61/c1-16-35(96)46(107)52(113)73(126-16)125-15-30-61(43(104)31(69(122)127-30)81-17(2)92)138-70-32(82-18(3)93)45(106)60(27(12-91)133-70)139-79-58(119)65(42(103)29(136-79)14-124-75-56(117)64(141-76-54(115)48(109)37(98)22(7-86)130-76)41(102)28(135-75)13-123-74-53(114)47(108)36(97)21(6-85)129-74)143-80-67(50(111)38(99)23(8-87)132-80)145-71-33(83-19(4)94)44(105)59(26(11-90)134-71)137-72-34(84-20(5)95)62(39(100)24(9-88)128-72)140-78-57(118)63(40(101)25(10-89)131-78)142-77-55(116)49(110)51(112)66(144-77)68(120)121/h16,21-67,69-80,85-91,96-119,122H,6-15H2,1-5H3,(H,81,92)(H,82,93)(H,83,94)(H,84,95)(H,120,121)/t16-,21+,22+,23+,24+,25+,26+,27+,28+,29+,30+,31+,32+,33+,34+,35+,36+,37+,38+,39-,40-,41+,42+,43+,44+,45+,46+,47-,48-,49-,50-,51-,52-,53-,54-,55+,56-,57+,58-,59+,60+,61+,62+,63-,64-,65-,66-,67-,69+,70-,71-,72-,73+,74-,75-,76+,77+,78-,79-,80+/m0/s1. The average Bonchev–Trinajstić information content (AvgIpc) is 0.785. The van der Waals surface area contributed by atoms with E-state index in [1.807, 2.05) is 0 Å². The summed E-state index contributed by atoms with van der Waals surface area (Å²) in [6, 6.07) is -8.12. The van der Waals surface area contributed by atoms with Gasteiger partial charge in [0.05, 0.1) is 72.2 Å². The lowest BCUT2D eigenvalue weighted by Crippen LogP contribution is -2.71. The highest BCUT2D eigenvalue weighted by Gasteiger charge is 2.64. The maximum Gasteiger partial charge on any atom is 0.335 e. The SMILES string of the molecule is CC(=O)N[C@@H]1[C@@H](O)[C@H](O[C@@H]2O[C@H](CO)[C@@H](O[C@@H]3O[C@H](CO[C@H]4O[C@H](CO[C@H]5O[C@H](CO)[C@@H](O)[C@H](O)[C@@H]5O)[C@@H](O)[C@H](O[C@H]5O[C@H](CO)[C@@H](O)[C@H](O)[C@@H]5O)[C@@H]4O)[C@@H](O)[C@H](O[C@H]4O[C@H](CO)[C@@H](O)[C@H](O)[C@@H]4O[C@@H]4O[C@H](CO)[C@@H](O[C@@H]5O[C@H](CO)[C@H](O)[C@H](O[C@@H]6O[C@H](CO)[C@H](O)[C@H](O[C@@H]7O[C@H](C(=O)O)[C@@H](O)[C@H](O)[C@H]7O)[C@H]6O)[C@H]5NC(C)=O)[C@H](O)[C@H]4NC(C)=O)[C@@H]3O)[C@H](O)[C@H]2NC(C)=O)[C@@H](CO[C@@H]2O[C@@H](C)[C@@H](O)[C@@H](O)[C@@H]2O)O[C@H]1O. The predicted octanol–water partition coefficient (Wildman–Crippen LogP) is -25.5. The Morgan fingerprint density at radius 1 is 0.214 bits per heavy atom. The highest BCUT2D eigenvalue weighted by atomic mass is 16.8. The molecular formula is C80H132N4O61. The van der Waals surface area contributed by atoms with Crippen molar-refractivity contribution in [2.45, 2.75) is 403 Å². The van der Waals surface area contributed by atoms with Gasteiger partial charge in [0.1, 0.15) is 281 Å². The highest BCUT2D eigenvalue weighted by molar-refractivity contribution is 5.75. The molecule has 37 N–H and O–H groups in total. The van der Waals surface area contributed by atoms with Crippen LogP contribution in [-0.4, -0.2) is 632 Å². The van der Waals surface area contributed by atoms with Crippen LogP contribution in [0.1, 0.15) is 34.6 Å². The van der Waals surface area contributed by atoms with Gasteiger partial charge < -0.3 is 299 Å². The Morgan fingerprint density at radius 2 is 0.476 bits per heavy atom. The Balaban J connectivity index is 0.861. The first kappa shape index (κ1) is 119. The summed E-state index contributed by atoms with van der Waals surface area (Å²) >= 11 is 0. The number of ether oxygens (including phenoxy) is 23. The second kappa shape index (κ2) is 51.5. The Bertz CT molecular complexity index is 4070. The molecule has 65 nitrogen and oxygen atoms in total. The van der Waals surface area contributed by atoms with Crippen LogP contribution in [0.15, 0.2) is 0 Å². The molecule has 0 aromatic heterocycles. The Kier molecular flexibility index (Phi) is 42.2. The summed E-state index contributed by atoms with van der Waals surface area (Å²) in [7, 11) is 0. The van der Waals surface area contributed by atoms with Crippen LogP contribution in [0.5, 0.6) is 0 Å². The third-order valence-electron chi connectivity index (χ3n) is 26.6. The summed E-state index contributed by atoms with van der Waals surface area (Å²) < 4.78 is 136. The molecule has 145 heavy (non-hydrogen) atoms. The lowest BCUT2D eigenvalue weighted by molar-refractivity contribution is -0.398. The van der Waals surface area contributed by atoms with Crippen molar-refractivity contribution in [3.63, 3.8) is 0 Å². The molecule has 12 rings (SSSR count). The Labute approximate surface area is 818 Å². The number of rotatable bonds is 37. The van der Waals surface area contributed by atoms with Crippen LogP contribution in [-0.2, 0) is 133 Å². The zero-order valence-electron chi connectivity index (χ0n) is 77.4. The van der Waals surface area contributed by atoms with Gasteiger partial charge in [0, 0.05) is 27.7 Å². The minimum absolute atomic E-state index is 0.849. The molecule has 0 radical (unpaired) electrons. The van der Waals surface area contributed by atoms with E-state index in [1.54, 1.807) is 0 Å². The fourth-order valence-electron chi connectivity index (χ4n) is 18.6. The molecule has 12 fully saturated rings. The van der Waals surface area contributed by atoms with E-state index in [0.29, 0.717) is 0 Å². The lowest BCUT2D eigenvalue weighted by Gasteiger charge is -2.51. The van der Waals surface area contributed by atoms with Gasteiger partial charge in [-0.2, -0.15) is 0 Å². The molecule has 0 bridgehead atoms. The van der Waals surface area contributed by atoms with Crippen LogP contribution in [0.4, 0.5) is 0 Å². The minimum atomic E-state index is -2.72. The number of carboxylic acids is 1. The number of nitrogens with one attached hydrogen (secondary N) is 4. The zero-order chi connectivity index (χ0) is 107. The molecule has 838 valence electrons. The second-order valence-corrected chi connectivity index (χ2v) is 36.7. The van der Waals surface area contributed by atoms with Crippen LogP contribution in [0.2, 0.25) is 0 Å². The molecule has 65 heteroatoms. The van der Waals surface area contributed by atoms with E-state index in [-0.39, 0.29) is 0 Å². The molecule has 12 aliphatic rings. The van der Waals surface area contributed by atoms with E-state index in [1.165, 1.54) is 6.92 Å². The fraction of sp³-hybridized carbons (Fsp3) is 0.938. The third kappa shape index (κ3) is 26.2. The summed E-state index contributed by atoms with van der Waals surface area (Å²) in [5.41, 5.74) is 0. The number of carbonyl (C=O) groups excluding carboxylic acids is 4. The maximum absolute atomic E-state index is 13.5. The van der Waals surface area contributed by atoms with E-state index in [0.717, 1.165) is 27.7 Å². The fourth-order valence-corrected chi connectivity index (χ4v) is 18.6. The molecule has 0 spiro atoms. The highest BCUT2D eigenvalue weighted by Crippen LogP contribution is 2.43. The van der Waals surface area contributed by atoms with Gasteiger partial charge in [0.2, 0.25) is 23.6 Å². The van der Waals surface area contributed by atoms with Gasteiger partial charge in [-0.3, -0.25) is 19.2 Å². The summed E-state index contributed by atoms with van der Waals surface area (Å²) in [5, 5.41) is 380. The molecule has 4 amide bonds. The monoisotopic (exact) mass is 2120 g/mol. The number of hydrogen-bond acceptors (Lipinski definition) is 60. The smallest absolute Gasteiger partial charge is 0.335 e. The van der Waals surface area contributed by atoms with E-state index in [4.69, 9.17) is 109 Å². The first-order valence-corrected chi connectivity index (χ1v) is 46.0. The number of aliphatic hydroxyl groups is 32. The third-order valence-corrected chi connectivity index (χ3v) is 26.6. The van der Waals surface area contributed by atoms with Crippen molar-refractivity contribution in [2.24, 2.45) is 0 Å². The van der Waals surface area contributed by atoms with Gasteiger partial charge in [-0.1, -0.05) is 0 Å². The molecular weight excluding hydrogens is 1990 g/mol. The maximum atomic E-state index is 13.5. The minimum Gasteiger partial charge on any atom is -0.479 e. The topological polar surface area (TPSA) is 1010 Å². The first-order valence-electron chi connectivity index (χ1n) is 46.0. The van der Waals surface area contributed by atoms with E-state index < -0.39 is 464 Å². The van der Waals surface area contributed by atoms with Crippen molar-refractivity contribution < 1.29 is 301 Å². The largest absolute Gasteiger partial charge is 0.479 e. The van der Waals surface area contributed by atoms with E-state index >= 15 is 0 Å². The van der Waals surface area contributed by atoms with Gasteiger partial charge in [0.25, 0.3) is 0 Å². The molecule has 12 heterocycles. The molecule has 0 aromatic carbocycles. The van der Waals surface area contributed by atoms with Crippen LogP contribution >= 0.6 is 0 Å². The summed E-state index contributed by atoms with van der Waals surface area (Å²) in [6.45, 7) is -6.82. The first-order chi connectivity index (χ1) is 68.5. The summed E-state index contributed by atoms with van der Waals surface area (Å²) in [5.74, 6) is -5.93. The molecule has 0 unspecified atom stereocenters. The zero-order valence-corrected chi connectivity index (χ0v) is 77.4. The van der Waals surface area contributed by atoms with Crippen molar-refractivity contribution in [3.05, 3.63) is 0 Å². The van der Waals surface area contributed by atoms with Crippen molar-refractivity contribution in [2.75, 3.05) is 66.1 Å². The van der Waals surface area contributed by atoms with Crippen molar-refractivity contribution in [1.82, 2.24) is 21.3 Å². The lowest BCUT2D eigenvalue weighted by atomic mass is 9.93. The molecule has 0 aliphatic carbocycles. The molecule has 60 atom stereocenters. The number of amides is 4. The number of carboxylic acid groups (broad SMARTS) is 1. The Morgan fingerprint density at radius 3 is 0.917 bits per heavy atom. The van der Waals surface area contributed by atoms with Crippen molar-refractivity contribution >= 4 is 29.6 Å². The second-order valence-electron chi connectivity index (χ2n) is 36.7. The predicted molar refractivity (Wildman–Crippen MR) is 440 cm³/mol. The van der Waals surface area contributed by atoms with Gasteiger partial charge in [0.15, 0.2) is 81.6 Å². The van der Waals surface area contributed by atoms with E-state index in [2.05, 4.69) is 21.3 Å². The quantitative estimate of drug-likeness (QED) is 0.0275. The van der Waals surface area contributed by atoms with Gasteiger partial charge in [-0.15, -0.1) is 0 Å². The number of hydrogen-bond donors (Lipinski definition) is 37. The number of aliphatic hydroxyl groups excluding tert-OH is 32. The van der Waals surface area contributed by atoms with Crippen LogP contribution in [0.25, 0.3) is 0 Å². The van der Waals surface area contributed by atoms with Gasteiger partial charge >= 0.3 is 5.97 Å². The van der Waals surface area contributed by atoms with Crippen LogP contribution in [0.3, 0.4) is 0 Å². The van der Waals surface area contributed by atoms with Crippen molar-refractivity contribution in [3.8, 4) is 0 Å². The van der Waals surface area contributed by atoms with Crippen LogP contribution in [0, 0.1) is 0 Å². The number of carbonyl (C=O) groups is 5. The van der Waals surface area contributed by atoms with Crippen molar-refractivity contribution in [1.29, 1.82) is 0 Å². The Hall–Kier alpha value is -4.85. The molecule has 12 aliphatic heterocycles. The van der Waals surface area contributed by atoms with Gasteiger partial charge in [-0.25, -0.2) is 4.79 Å². The van der Waals surface area contributed by atoms with E-state index in [9.17, 15) is 192 Å². The molecule has 0 aromatic rings. The van der Waals surface area contributed by atoms with Crippen LogP contribution < -0.4 is 21.3 Å². The average molecular weight is 2130 g/mol. The molecule has 12 saturated heterocycles. The molecule has 0 saturated carbocycles.